The van der Waals surface area contributed by atoms with Gasteiger partial charge in [-0.1, -0.05) is 38.1 Å². The van der Waals surface area contributed by atoms with Gasteiger partial charge in [0.25, 0.3) is 0 Å². The fraction of sp³-hybridized carbons (Fsp3) is 0.389. The smallest absolute Gasteiger partial charge is 0.327 e. The summed E-state index contributed by atoms with van der Waals surface area (Å²) in [7, 11) is 1.54. The Labute approximate surface area is 141 Å². The van der Waals surface area contributed by atoms with Crippen molar-refractivity contribution in [2.45, 2.75) is 38.8 Å². The molecule has 0 fully saturated rings. The van der Waals surface area contributed by atoms with Crippen LogP contribution in [-0.4, -0.2) is 34.2 Å². The highest BCUT2D eigenvalue weighted by Gasteiger charge is 2.46. The number of ether oxygens (including phenoxy) is 1. The van der Waals surface area contributed by atoms with Crippen LogP contribution in [0.25, 0.3) is 0 Å². The number of hydrogen-bond acceptors (Lipinski definition) is 5. The van der Waals surface area contributed by atoms with Gasteiger partial charge in [0.05, 0.1) is 7.11 Å². The monoisotopic (exact) mass is 327 g/mol. The number of hydrogen-bond donors (Lipinski definition) is 1. The van der Waals surface area contributed by atoms with Crippen LogP contribution in [0.2, 0.25) is 0 Å². The summed E-state index contributed by atoms with van der Waals surface area (Å²) in [6, 6.07) is 8.89. The molecular formula is C18H21N3O3. The number of aryl methyl sites for hydroxylation is 1. The van der Waals surface area contributed by atoms with E-state index in [1.54, 1.807) is 11.0 Å². The lowest BCUT2D eigenvalue weighted by Crippen LogP contribution is -2.56. The first-order chi connectivity index (χ1) is 11.3. The Balaban J connectivity index is 2.17. The molecule has 0 amide bonds. The van der Waals surface area contributed by atoms with E-state index < -0.39 is 17.4 Å². The third-order valence-electron chi connectivity index (χ3n) is 4.57. The summed E-state index contributed by atoms with van der Waals surface area (Å²) in [6.45, 7) is 6.18. The number of anilines is 1. The molecule has 126 valence electrons. The minimum atomic E-state index is -0.890. The van der Waals surface area contributed by atoms with Crippen LogP contribution >= 0.6 is 0 Å². The average molecular weight is 327 g/mol. The molecule has 3 rings (SSSR count). The molecule has 0 bridgehead atoms. The van der Waals surface area contributed by atoms with Gasteiger partial charge in [-0.25, -0.2) is 9.78 Å². The molecule has 24 heavy (non-hydrogen) atoms. The number of benzene rings is 1. The number of carboxylic acids is 1. The first-order valence-corrected chi connectivity index (χ1v) is 7.82. The van der Waals surface area contributed by atoms with Crippen LogP contribution in [0.1, 0.15) is 30.7 Å². The molecule has 1 aliphatic heterocycles. The minimum Gasteiger partial charge on any atom is -0.481 e. The van der Waals surface area contributed by atoms with Crippen LogP contribution in [0.3, 0.4) is 0 Å². The lowest BCUT2D eigenvalue weighted by atomic mass is 9.72. The second-order valence-electron chi connectivity index (χ2n) is 6.60. The molecule has 1 aromatic carbocycles. The zero-order valence-corrected chi connectivity index (χ0v) is 14.3. The summed E-state index contributed by atoms with van der Waals surface area (Å²) >= 11 is 0. The largest absolute Gasteiger partial charge is 0.481 e. The van der Waals surface area contributed by atoms with E-state index in [0.29, 0.717) is 18.4 Å². The number of aliphatic carboxylic acids is 1. The molecular weight excluding hydrogens is 306 g/mol. The van der Waals surface area contributed by atoms with Crippen molar-refractivity contribution in [3.63, 3.8) is 0 Å². The normalized spacial score (nSPS) is 18.8. The molecule has 0 aliphatic carbocycles. The van der Waals surface area contributed by atoms with Crippen molar-refractivity contribution in [3.05, 3.63) is 47.2 Å². The maximum absolute atomic E-state index is 12.1. The van der Waals surface area contributed by atoms with Crippen LogP contribution in [0.5, 0.6) is 5.88 Å². The van der Waals surface area contributed by atoms with Gasteiger partial charge in [-0.15, -0.1) is 0 Å². The second kappa shape index (κ2) is 5.78. The van der Waals surface area contributed by atoms with Gasteiger partial charge in [-0.05, 0) is 18.1 Å². The van der Waals surface area contributed by atoms with Gasteiger partial charge in [-0.3, -0.25) is 0 Å². The number of fused-ring (bicyclic) bond motifs is 1. The molecule has 0 spiro atoms. The van der Waals surface area contributed by atoms with Gasteiger partial charge in [0.1, 0.15) is 6.04 Å². The van der Waals surface area contributed by atoms with E-state index in [1.165, 1.54) is 7.11 Å². The highest BCUT2D eigenvalue weighted by atomic mass is 16.5. The van der Waals surface area contributed by atoms with Crippen LogP contribution in [0.4, 0.5) is 5.95 Å². The lowest BCUT2D eigenvalue weighted by Gasteiger charge is -2.45. The van der Waals surface area contributed by atoms with Gasteiger partial charge < -0.3 is 14.7 Å². The summed E-state index contributed by atoms with van der Waals surface area (Å²) in [4.78, 5) is 22.6. The van der Waals surface area contributed by atoms with E-state index in [9.17, 15) is 9.90 Å². The number of carbonyl (C=O) groups is 1. The van der Waals surface area contributed by atoms with E-state index in [1.807, 2.05) is 45.0 Å². The molecule has 6 nitrogen and oxygen atoms in total. The third kappa shape index (κ3) is 2.58. The van der Waals surface area contributed by atoms with Crippen LogP contribution in [-0.2, 0) is 16.8 Å². The molecule has 2 aromatic rings. The second-order valence-corrected chi connectivity index (χ2v) is 6.60. The van der Waals surface area contributed by atoms with Crippen LogP contribution in [0, 0.1) is 6.92 Å². The third-order valence-corrected chi connectivity index (χ3v) is 4.57. The number of rotatable bonds is 3. The van der Waals surface area contributed by atoms with Crippen molar-refractivity contribution in [1.82, 2.24) is 9.97 Å². The summed E-state index contributed by atoms with van der Waals surface area (Å²) in [5.74, 6) is -0.0845. The van der Waals surface area contributed by atoms with Gasteiger partial charge in [-0.2, -0.15) is 4.98 Å². The fourth-order valence-corrected chi connectivity index (χ4v) is 3.48. The Hall–Kier alpha value is -2.63. The number of carboxylic acid groups (broad SMARTS) is 1. The Morgan fingerprint density at radius 3 is 2.71 bits per heavy atom. The molecule has 0 saturated carbocycles. The van der Waals surface area contributed by atoms with Crippen molar-refractivity contribution in [1.29, 1.82) is 0 Å². The fourth-order valence-electron chi connectivity index (χ4n) is 3.48. The van der Waals surface area contributed by atoms with Crippen molar-refractivity contribution < 1.29 is 14.6 Å². The molecule has 0 saturated heterocycles. The molecule has 2 heterocycles. The van der Waals surface area contributed by atoms with E-state index in [0.717, 1.165) is 16.8 Å². The minimum absolute atomic E-state index is 0.377. The number of methoxy groups -OCH3 is 1. The summed E-state index contributed by atoms with van der Waals surface area (Å²) in [6.07, 6.45) is 0. The summed E-state index contributed by atoms with van der Waals surface area (Å²) in [5, 5.41) is 9.90. The SMILES string of the molecule is COc1cc(C)nc(N2Cc3ccccc3C(C)(C)C2C(=O)O)n1. The van der Waals surface area contributed by atoms with Crippen molar-refractivity contribution in [3.8, 4) is 5.88 Å². The number of aromatic nitrogens is 2. The maximum atomic E-state index is 12.1. The summed E-state index contributed by atoms with van der Waals surface area (Å²) < 4.78 is 5.22. The van der Waals surface area contributed by atoms with Gasteiger partial charge in [0.2, 0.25) is 11.8 Å². The zero-order valence-electron chi connectivity index (χ0n) is 14.3. The Morgan fingerprint density at radius 1 is 1.33 bits per heavy atom. The van der Waals surface area contributed by atoms with Crippen LogP contribution in [0.15, 0.2) is 30.3 Å². The first kappa shape index (κ1) is 16.2. The Bertz CT molecular complexity index is 789. The quantitative estimate of drug-likeness (QED) is 0.934. The topological polar surface area (TPSA) is 75.5 Å². The maximum Gasteiger partial charge on any atom is 0.327 e. The summed E-state index contributed by atoms with van der Waals surface area (Å²) in [5.41, 5.74) is 2.29. The molecule has 1 aliphatic rings. The van der Waals surface area contributed by atoms with Crippen molar-refractivity contribution >= 4 is 11.9 Å². The van der Waals surface area contributed by atoms with Crippen LogP contribution < -0.4 is 9.64 Å². The first-order valence-electron chi connectivity index (χ1n) is 7.82. The van der Waals surface area contributed by atoms with E-state index in [2.05, 4.69) is 9.97 Å². The van der Waals surface area contributed by atoms with Gasteiger partial charge in [0, 0.05) is 23.7 Å². The molecule has 1 aromatic heterocycles. The standard InChI is InChI=1S/C18H21N3O3/c1-11-9-14(24-4)20-17(19-11)21-10-12-7-5-6-8-13(12)18(2,3)15(21)16(22)23/h5-9,15H,10H2,1-4H3,(H,22,23). The van der Waals surface area contributed by atoms with Crippen molar-refractivity contribution in [2.75, 3.05) is 12.0 Å². The predicted molar refractivity (Wildman–Crippen MR) is 90.4 cm³/mol. The molecule has 1 atom stereocenters. The van der Waals surface area contributed by atoms with E-state index in [-0.39, 0.29) is 0 Å². The highest BCUT2D eigenvalue weighted by molar-refractivity contribution is 5.81. The zero-order chi connectivity index (χ0) is 17.5. The Morgan fingerprint density at radius 2 is 2.04 bits per heavy atom. The van der Waals surface area contributed by atoms with E-state index >= 15 is 0 Å². The molecule has 1 unspecified atom stereocenters. The van der Waals surface area contributed by atoms with Gasteiger partial charge >= 0.3 is 5.97 Å². The Kier molecular flexibility index (Phi) is 3.91. The van der Waals surface area contributed by atoms with Crippen molar-refractivity contribution in [2.24, 2.45) is 0 Å². The van der Waals surface area contributed by atoms with Gasteiger partial charge in [0.15, 0.2) is 0 Å². The van der Waals surface area contributed by atoms with E-state index in [4.69, 9.17) is 4.74 Å². The molecule has 0 radical (unpaired) electrons. The average Bonchev–Trinajstić information content (AvgIpc) is 2.53. The number of nitrogens with zero attached hydrogens (tertiary/aromatic N) is 3. The highest BCUT2D eigenvalue weighted by Crippen LogP contribution is 2.40. The lowest BCUT2D eigenvalue weighted by molar-refractivity contribution is -0.140. The molecule has 1 N–H and O–H groups in total. The molecule has 6 heteroatoms. The predicted octanol–water partition coefficient (Wildman–Crippen LogP) is 2.54.